The third kappa shape index (κ3) is 2.63. The van der Waals surface area contributed by atoms with Crippen molar-refractivity contribution in [2.45, 2.75) is 6.92 Å². The summed E-state index contributed by atoms with van der Waals surface area (Å²) in [6.07, 6.45) is 1.69. The van der Waals surface area contributed by atoms with Crippen LogP contribution < -0.4 is 0 Å². The Labute approximate surface area is 104 Å². The second-order valence-electron chi connectivity index (χ2n) is 3.72. The molecule has 0 aliphatic heterocycles. The van der Waals surface area contributed by atoms with E-state index >= 15 is 0 Å². The van der Waals surface area contributed by atoms with Crippen LogP contribution in [0.15, 0.2) is 36.5 Å². The van der Waals surface area contributed by atoms with Crippen LogP contribution in [0.2, 0.25) is 5.02 Å². The Kier molecular flexibility index (Phi) is 3.11. The molecule has 0 saturated carbocycles. The fourth-order valence-corrected chi connectivity index (χ4v) is 1.84. The Hall–Kier alpha value is -1.87. The first-order chi connectivity index (χ1) is 8.06. The highest BCUT2D eigenvalue weighted by molar-refractivity contribution is 6.31. The van der Waals surface area contributed by atoms with Crippen LogP contribution in [-0.2, 0) is 0 Å². The van der Waals surface area contributed by atoms with E-state index in [1.54, 1.807) is 18.3 Å². The minimum absolute atomic E-state index is 0.182. The van der Waals surface area contributed by atoms with Gasteiger partial charge in [-0.1, -0.05) is 11.6 Å². The molecule has 86 valence electrons. The Morgan fingerprint density at radius 2 is 2.00 bits per heavy atom. The van der Waals surface area contributed by atoms with E-state index in [4.69, 9.17) is 16.7 Å². The molecule has 0 spiro atoms. The molecule has 2 rings (SSSR count). The van der Waals surface area contributed by atoms with Gasteiger partial charge in [0.2, 0.25) is 0 Å². The number of aromatic carboxylic acids is 1. The van der Waals surface area contributed by atoms with Crippen LogP contribution in [0.4, 0.5) is 0 Å². The van der Waals surface area contributed by atoms with Crippen molar-refractivity contribution in [2.24, 2.45) is 0 Å². The molecular weight excluding hydrogens is 238 g/mol. The highest BCUT2D eigenvalue weighted by Gasteiger charge is 2.07. The molecule has 3 nitrogen and oxygen atoms in total. The molecule has 1 N–H and O–H groups in total. The first-order valence-electron chi connectivity index (χ1n) is 5.03. The van der Waals surface area contributed by atoms with E-state index in [0.29, 0.717) is 5.02 Å². The molecule has 2 aromatic rings. The van der Waals surface area contributed by atoms with E-state index in [0.717, 1.165) is 16.8 Å². The van der Waals surface area contributed by atoms with E-state index in [1.165, 1.54) is 6.07 Å². The quantitative estimate of drug-likeness (QED) is 0.885. The van der Waals surface area contributed by atoms with Crippen LogP contribution in [0, 0.1) is 6.92 Å². The Morgan fingerprint density at radius 1 is 1.24 bits per heavy atom. The second kappa shape index (κ2) is 4.55. The number of nitrogens with zero attached hydrogens (tertiary/aromatic N) is 1. The zero-order valence-corrected chi connectivity index (χ0v) is 9.90. The maximum atomic E-state index is 10.9. The standard InChI is InChI=1S/C13H10ClNO2/c1-8-4-9(2-3-15-8)10-5-11(13(16)17)7-12(14)6-10/h2-7H,1H3,(H,16,17). The number of carboxylic acids is 1. The smallest absolute Gasteiger partial charge is 0.335 e. The molecule has 0 atom stereocenters. The zero-order valence-electron chi connectivity index (χ0n) is 9.14. The van der Waals surface area contributed by atoms with Crippen LogP contribution in [0.1, 0.15) is 16.1 Å². The van der Waals surface area contributed by atoms with Gasteiger partial charge in [-0.05, 0) is 48.4 Å². The fourth-order valence-electron chi connectivity index (χ4n) is 1.60. The van der Waals surface area contributed by atoms with Gasteiger partial charge in [0.05, 0.1) is 5.56 Å². The van der Waals surface area contributed by atoms with E-state index < -0.39 is 5.97 Å². The predicted octanol–water partition coefficient (Wildman–Crippen LogP) is 3.41. The molecule has 0 saturated heterocycles. The van der Waals surface area contributed by atoms with Crippen LogP contribution in [-0.4, -0.2) is 16.1 Å². The van der Waals surface area contributed by atoms with Gasteiger partial charge >= 0.3 is 5.97 Å². The van der Waals surface area contributed by atoms with Crippen LogP contribution in [0.25, 0.3) is 11.1 Å². The lowest BCUT2D eigenvalue weighted by Gasteiger charge is -2.05. The monoisotopic (exact) mass is 247 g/mol. The average Bonchev–Trinajstić information content (AvgIpc) is 2.28. The number of aromatic nitrogens is 1. The van der Waals surface area contributed by atoms with E-state index in [1.807, 2.05) is 19.1 Å². The molecule has 1 aromatic carbocycles. The number of carboxylic acid groups (broad SMARTS) is 1. The lowest BCUT2D eigenvalue weighted by Crippen LogP contribution is -1.96. The second-order valence-corrected chi connectivity index (χ2v) is 4.16. The summed E-state index contributed by atoms with van der Waals surface area (Å²) in [6, 6.07) is 8.48. The molecule has 0 aliphatic carbocycles. The van der Waals surface area contributed by atoms with Gasteiger partial charge < -0.3 is 5.11 Å². The summed E-state index contributed by atoms with van der Waals surface area (Å²) < 4.78 is 0. The largest absolute Gasteiger partial charge is 0.478 e. The van der Waals surface area contributed by atoms with Gasteiger partial charge in [-0.25, -0.2) is 4.79 Å². The molecule has 1 aromatic heterocycles. The minimum Gasteiger partial charge on any atom is -0.478 e. The van der Waals surface area contributed by atoms with Gasteiger partial charge in [0.15, 0.2) is 0 Å². The van der Waals surface area contributed by atoms with Crippen LogP contribution >= 0.6 is 11.6 Å². The summed E-state index contributed by atoms with van der Waals surface area (Å²) in [5, 5.41) is 9.38. The van der Waals surface area contributed by atoms with Gasteiger partial charge in [0, 0.05) is 16.9 Å². The lowest BCUT2D eigenvalue weighted by molar-refractivity contribution is 0.0697. The minimum atomic E-state index is -0.987. The molecule has 0 fully saturated rings. The number of aryl methyl sites for hydroxylation is 1. The number of carbonyl (C=O) groups is 1. The van der Waals surface area contributed by atoms with Crippen molar-refractivity contribution in [1.29, 1.82) is 0 Å². The number of benzene rings is 1. The summed E-state index contributed by atoms with van der Waals surface area (Å²) in [4.78, 5) is 15.0. The SMILES string of the molecule is Cc1cc(-c2cc(Cl)cc(C(=O)O)c2)ccn1. The lowest BCUT2D eigenvalue weighted by atomic mass is 10.0. The van der Waals surface area contributed by atoms with E-state index in [2.05, 4.69) is 4.98 Å². The number of halogens is 1. The Bertz CT molecular complexity index is 581. The summed E-state index contributed by atoms with van der Waals surface area (Å²) in [6.45, 7) is 1.88. The summed E-state index contributed by atoms with van der Waals surface area (Å²) in [5.41, 5.74) is 2.74. The highest BCUT2D eigenvalue weighted by Crippen LogP contribution is 2.25. The molecular formula is C13H10ClNO2. The van der Waals surface area contributed by atoms with Crippen molar-refractivity contribution in [1.82, 2.24) is 4.98 Å². The molecule has 0 aliphatic rings. The third-order valence-electron chi connectivity index (χ3n) is 2.37. The molecule has 0 radical (unpaired) electrons. The molecule has 17 heavy (non-hydrogen) atoms. The summed E-state index contributed by atoms with van der Waals surface area (Å²) in [7, 11) is 0. The van der Waals surface area contributed by atoms with Crippen LogP contribution in [0.3, 0.4) is 0 Å². The van der Waals surface area contributed by atoms with Crippen molar-refractivity contribution in [3.8, 4) is 11.1 Å². The highest BCUT2D eigenvalue weighted by atomic mass is 35.5. The predicted molar refractivity (Wildman–Crippen MR) is 66.4 cm³/mol. The van der Waals surface area contributed by atoms with Crippen molar-refractivity contribution < 1.29 is 9.90 Å². The summed E-state index contributed by atoms with van der Waals surface area (Å²) >= 11 is 5.90. The average molecular weight is 248 g/mol. The van der Waals surface area contributed by atoms with Gasteiger partial charge in [-0.15, -0.1) is 0 Å². The van der Waals surface area contributed by atoms with Crippen molar-refractivity contribution in [2.75, 3.05) is 0 Å². The zero-order chi connectivity index (χ0) is 12.4. The number of hydrogen-bond acceptors (Lipinski definition) is 2. The molecule has 0 amide bonds. The normalized spacial score (nSPS) is 10.2. The molecule has 0 unspecified atom stereocenters. The fraction of sp³-hybridized carbons (Fsp3) is 0.0769. The number of rotatable bonds is 2. The van der Waals surface area contributed by atoms with Crippen molar-refractivity contribution in [3.63, 3.8) is 0 Å². The maximum Gasteiger partial charge on any atom is 0.335 e. The van der Waals surface area contributed by atoms with Gasteiger partial charge in [-0.2, -0.15) is 0 Å². The summed E-state index contributed by atoms with van der Waals surface area (Å²) in [5.74, 6) is -0.987. The topological polar surface area (TPSA) is 50.2 Å². The maximum absolute atomic E-state index is 10.9. The Morgan fingerprint density at radius 3 is 2.65 bits per heavy atom. The van der Waals surface area contributed by atoms with Crippen LogP contribution in [0.5, 0.6) is 0 Å². The first kappa shape index (κ1) is 11.6. The molecule has 1 heterocycles. The Balaban J connectivity index is 2.56. The molecule has 0 bridgehead atoms. The van der Waals surface area contributed by atoms with Crippen molar-refractivity contribution in [3.05, 3.63) is 52.8 Å². The third-order valence-corrected chi connectivity index (χ3v) is 2.59. The van der Waals surface area contributed by atoms with Gasteiger partial charge in [-0.3, -0.25) is 4.98 Å². The van der Waals surface area contributed by atoms with Gasteiger partial charge in [0.1, 0.15) is 0 Å². The van der Waals surface area contributed by atoms with E-state index in [9.17, 15) is 4.79 Å². The van der Waals surface area contributed by atoms with Crippen molar-refractivity contribution >= 4 is 17.6 Å². The molecule has 4 heteroatoms. The first-order valence-corrected chi connectivity index (χ1v) is 5.41. The van der Waals surface area contributed by atoms with E-state index in [-0.39, 0.29) is 5.56 Å². The van der Waals surface area contributed by atoms with Gasteiger partial charge in [0.25, 0.3) is 0 Å². The number of pyridine rings is 1. The number of hydrogen-bond donors (Lipinski definition) is 1.